The van der Waals surface area contributed by atoms with Crippen molar-refractivity contribution in [2.75, 3.05) is 0 Å². The van der Waals surface area contributed by atoms with E-state index in [0.717, 1.165) is 11.1 Å². The first-order valence-electron chi connectivity index (χ1n) is 9.44. The molecule has 0 radical (unpaired) electrons. The van der Waals surface area contributed by atoms with Crippen LogP contribution >= 0.6 is 0 Å². The Morgan fingerprint density at radius 2 is 1.61 bits per heavy atom. The Balaban J connectivity index is 1.74. The molecular weight excluding hydrogens is 418 g/mol. The molecule has 0 saturated heterocycles. The molecule has 9 heteroatoms. The molecule has 1 aliphatic heterocycles. The predicted octanol–water partition coefficient (Wildman–Crippen LogP) is 3.13. The summed E-state index contributed by atoms with van der Waals surface area (Å²) < 4.78 is 9.84. The fraction of sp³-hybridized carbons (Fsp3) is 0.227. The van der Waals surface area contributed by atoms with Gasteiger partial charge in [-0.25, -0.2) is 9.63 Å². The van der Waals surface area contributed by atoms with Crippen LogP contribution in [0.1, 0.15) is 31.1 Å². The average molecular weight is 442 g/mol. The molecule has 0 amide bonds. The minimum atomic E-state index is -1.38. The number of nitrogens with two attached hydrogens (primary N) is 1. The summed E-state index contributed by atoms with van der Waals surface area (Å²) in [5.41, 5.74) is 7.44. The van der Waals surface area contributed by atoms with Gasteiger partial charge < -0.3 is 15.6 Å². The third kappa shape index (κ3) is 5.72. The Kier molecular flexibility index (Phi) is 7.11. The van der Waals surface area contributed by atoms with Crippen LogP contribution < -0.4 is 5.73 Å². The van der Waals surface area contributed by atoms with Gasteiger partial charge >= 0.3 is 11.9 Å². The number of esters is 1. The lowest BCUT2D eigenvalue weighted by atomic mass is 10.0. The lowest BCUT2D eigenvalue weighted by Gasteiger charge is -2.25. The number of ether oxygens (including phenoxy) is 1. The molecule has 1 heterocycles. The Bertz CT molecular complexity index is 996. The molecule has 2 unspecified atom stereocenters. The van der Waals surface area contributed by atoms with Gasteiger partial charge in [-0.1, -0.05) is 65.2 Å². The molecule has 8 nitrogen and oxygen atoms in total. The van der Waals surface area contributed by atoms with Crippen LogP contribution in [-0.2, 0) is 29.9 Å². The maximum Gasteiger partial charge on any atom is 0.341 e. The molecule has 31 heavy (non-hydrogen) atoms. The van der Waals surface area contributed by atoms with Crippen molar-refractivity contribution < 1.29 is 24.3 Å². The number of rotatable bonds is 8. The van der Waals surface area contributed by atoms with Crippen molar-refractivity contribution in [1.82, 2.24) is 0 Å². The van der Waals surface area contributed by atoms with Gasteiger partial charge in [0, 0.05) is 16.1 Å². The van der Waals surface area contributed by atoms with E-state index in [1.54, 1.807) is 13.8 Å². The molecular formula is C22H23N3O5S. The van der Waals surface area contributed by atoms with E-state index in [4.69, 9.17) is 20.4 Å². The van der Waals surface area contributed by atoms with Crippen molar-refractivity contribution >= 4 is 28.2 Å². The molecule has 2 aromatic carbocycles. The summed E-state index contributed by atoms with van der Waals surface area (Å²) in [5, 5.41) is 10.5. The zero-order chi connectivity index (χ0) is 22.4. The Hall–Kier alpha value is -3.14. The topological polar surface area (TPSA) is 124 Å². The number of carboxylic acid groups (broad SMARTS) is 1. The van der Waals surface area contributed by atoms with E-state index in [9.17, 15) is 9.59 Å². The molecule has 0 aromatic heterocycles. The molecule has 162 valence electrons. The average Bonchev–Trinajstić information content (AvgIpc) is 3.25. The van der Waals surface area contributed by atoms with E-state index in [-0.39, 0.29) is 5.70 Å². The van der Waals surface area contributed by atoms with Gasteiger partial charge in [-0.3, -0.25) is 9.79 Å². The quantitative estimate of drug-likeness (QED) is 0.479. The maximum atomic E-state index is 12.9. The highest BCUT2D eigenvalue weighted by atomic mass is 32.2. The largest absolute Gasteiger partial charge is 0.480 e. The first-order valence-corrected chi connectivity index (χ1v) is 10.8. The summed E-state index contributed by atoms with van der Waals surface area (Å²) in [6, 6.07) is 17.6. The van der Waals surface area contributed by atoms with Gasteiger partial charge in [0.1, 0.15) is 6.04 Å². The minimum absolute atomic E-state index is 0.191. The van der Waals surface area contributed by atoms with E-state index in [1.807, 2.05) is 60.7 Å². The zero-order valence-electron chi connectivity index (χ0n) is 17.0. The molecule has 0 spiro atoms. The van der Waals surface area contributed by atoms with Crippen molar-refractivity contribution in [2.24, 2.45) is 15.3 Å². The number of carboxylic acids is 1. The molecule has 3 N–H and O–H groups in total. The maximum absolute atomic E-state index is 12.9. The second kappa shape index (κ2) is 9.78. The standard InChI is InChI=1S/C22H23N3O5S/c1-22(2,30-25-31-13-17(24-14-31)18(23)20(26)27)21(28)29-19(15-9-5-3-6-10-15)16-11-7-4-8-12-16/h3-14,18-19H,23H2,1-2H3,(H,26,27). The lowest BCUT2D eigenvalue weighted by molar-refractivity contribution is -0.172. The van der Waals surface area contributed by atoms with Crippen molar-refractivity contribution in [2.45, 2.75) is 31.6 Å². The summed E-state index contributed by atoms with van der Waals surface area (Å²) >= 11 is 0. The van der Waals surface area contributed by atoms with Crippen LogP contribution in [0.4, 0.5) is 0 Å². The van der Waals surface area contributed by atoms with Crippen LogP contribution in [0.15, 0.2) is 81.3 Å². The molecule has 3 rings (SSSR count). The highest BCUT2D eigenvalue weighted by Crippen LogP contribution is 2.28. The highest BCUT2D eigenvalue weighted by Gasteiger charge is 2.34. The SMILES string of the molecule is CC(C)(ON=S1C=NC(C(N)C(=O)O)=C1)C(=O)OC(c1ccccc1)c1ccccc1. The summed E-state index contributed by atoms with van der Waals surface area (Å²) in [6.07, 6.45) is -0.603. The number of hydrogen-bond acceptors (Lipinski definition) is 7. The van der Waals surface area contributed by atoms with Gasteiger partial charge in [0.25, 0.3) is 0 Å². The number of nitrogens with zero attached hydrogens (tertiary/aromatic N) is 2. The van der Waals surface area contributed by atoms with Crippen molar-refractivity contribution in [1.29, 1.82) is 0 Å². The third-order valence-electron chi connectivity index (χ3n) is 4.41. The molecule has 1 aliphatic rings. The smallest absolute Gasteiger partial charge is 0.341 e. The Morgan fingerprint density at radius 3 is 2.13 bits per heavy atom. The lowest BCUT2D eigenvalue weighted by Crippen LogP contribution is -2.36. The van der Waals surface area contributed by atoms with Crippen LogP contribution in [0, 0.1) is 0 Å². The first kappa shape index (κ1) is 22.5. The minimum Gasteiger partial charge on any atom is -0.480 e. The first-order chi connectivity index (χ1) is 14.8. The van der Waals surface area contributed by atoms with Crippen molar-refractivity contribution in [3.8, 4) is 0 Å². The van der Waals surface area contributed by atoms with Crippen LogP contribution in [0.2, 0.25) is 0 Å². The van der Waals surface area contributed by atoms with Crippen LogP contribution in [0.25, 0.3) is 0 Å². The van der Waals surface area contributed by atoms with Crippen LogP contribution in [0.3, 0.4) is 0 Å². The van der Waals surface area contributed by atoms with Crippen molar-refractivity contribution in [3.63, 3.8) is 0 Å². The molecule has 2 atom stereocenters. The summed E-state index contributed by atoms with van der Waals surface area (Å²) in [4.78, 5) is 33.4. The second-order valence-corrected chi connectivity index (χ2v) is 8.51. The molecule has 2 aromatic rings. The van der Waals surface area contributed by atoms with Gasteiger partial charge in [-0.2, -0.15) is 0 Å². The summed E-state index contributed by atoms with van der Waals surface area (Å²) in [7, 11) is -0.944. The molecule has 0 saturated carbocycles. The molecule has 0 bridgehead atoms. The monoisotopic (exact) mass is 441 g/mol. The van der Waals surface area contributed by atoms with E-state index in [1.165, 1.54) is 11.0 Å². The number of hydrogen-bond donors (Lipinski definition) is 2. The van der Waals surface area contributed by atoms with E-state index in [0.29, 0.717) is 0 Å². The zero-order valence-corrected chi connectivity index (χ0v) is 17.9. The highest BCUT2D eigenvalue weighted by molar-refractivity contribution is 8.03. The fourth-order valence-corrected chi connectivity index (χ4v) is 3.73. The number of aliphatic imine (C=N–C) groups is 1. The van der Waals surface area contributed by atoms with Gasteiger partial charge in [-0.05, 0) is 25.0 Å². The number of benzene rings is 2. The van der Waals surface area contributed by atoms with E-state index in [2.05, 4.69) is 9.52 Å². The summed E-state index contributed by atoms with van der Waals surface area (Å²) in [6.45, 7) is 3.10. The second-order valence-electron chi connectivity index (χ2n) is 7.22. The predicted molar refractivity (Wildman–Crippen MR) is 118 cm³/mol. The van der Waals surface area contributed by atoms with E-state index >= 15 is 0 Å². The third-order valence-corrected chi connectivity index (χ3v) is 5.46. The van der Waals surface area contributed by atoms with Gasteiger partial charge in [0.05, 0.1) is 11.2 Å². The Labute approximate surface area is 182 Å². The van der Waals surface area contributed by atoms with Crippen molar-refractivity contribution in [3.05, 3.63) is 82.9 Å². The molecule has 0 fully saturated rings. The van der Waals surface area contributed by atoms with E-state index < -0.39 is 40.4 Å². The molecule has 0 aliphatic carbocycles. The van der Waals surface area contributed by atoms with Gasteiger partial charge in [-0.15, -0.1) is 0 Å². The number of aliphatic carboxylic acids is 1. The van der Waals surface area contributed by atoms with Gasteiger partial charge in [0.15, 0.2) is 11.7 Å². The number of carbonyl (C=O) groups excluding carboxylic acids is 1. The Morgan fingerprint density at radius 1 is 1.06 bits per heavy atom. The summed E-state index contributed by atoms with van der Waals surface area (Å²) in [5.74, 6) is -1.79. The van der Waals surface area contributed by atoms with Crippen LogP contribution in [0.5, 0.6) is 0 Å². The van der Waals surface area contributed by atoms with Crippen LogP contribution in [-0.4, -0.2) is 34.2 Å². The normalized spacial score (nSPS) is 16.9. The fourth-order valence-electron chi connectivity index (χ4n) is 2.63. The number of carbonyl (C=O) groups is 2. The van der Waals surface area contributed by atoms with Gasteiger partial charge in [0.2, 0.25) is 0 Å².